The highest BCUT2D eigenvalue weighted by atomic mass is 16.2. The fraction of sp³-hybridized carbons (Fsp3) is 0.143. The van der Waals surface area contributed by atoms with E-state index >= 15 is 0 Å². The number of aryl methyl sites for hydroxylation is 1. The van der Waals surface area contributed by atoms with E-state index in [1.807, 2.05) is 4.98 Å². The van der Waals surface area contributed by atoms with Gasteiger partial charge in [-0.05, 0) is 6.92 Å². The third-order valence-electron chi connectivity index (χ3n) is 1.76. The average molecular weight is 194 g/mol. The van der Waals surface area contributed by atoms with Gasteiger partial charge >= 0.3 is 5.69 Å². The largest absolute Gasteiger partial charge is 0.327 e. The smallest absolute Gasteiger partial charge is 0.305 e. The molecule has 14 heavy (non-hydrogen) atoms. The van der Waals surface area contributed by atoms with Crippen LogP contribution in [0.4, 0.5) is 0 Å². The summed E-state index contributed by atoms with van der Waals surface area (Å²) < 4.78 is 0. The average Bonchev–Trinajstić information content (AvgIpc) is 2.08. The van der Waals surface area contributed by atoms with E-state index in [9.17, 15) is 14.4 Å². The van der Waals surface area contributed by atoms with Crippen molar-refractivity contribution in [2.45, 2.75) is 6.92 Å². The van der Waals surface area contributed by atoms with Crippen LogP contribution in [-0.4, -0.2) is 19.9 Å². The predicted molar refractivity (Wildman–Crippen MR) is 48.3 cm³/mol. The van der Waals surface area contributed by atoms with Crippen LogP contribution in [0.5, 0.6) is 0 Å². The lowest BCUT2D eigenvalue weighted by atomic mass is 10.4. The van der Waals surface area contributed by atoms with Crippen LogP contribution in [0.15, 0.2) is 14.4 Å². The molecule has 0 aromatic carbocycles. The molecule has 0 bridgehead atoms. The van der Waals surface area contributed by atoms with Gasteiger partial charge in [-0.2, -0.15) is 0 Å². The second kappa shape index (κ2) is 2.66. The van der Waals surface area contributed by atoms with E-state index < -0.39 is 16.8 Å². The zero-order chi connectivity index (χ0) is 10.3. The third-order valence-corrected chi connectivity index (χ3v) is 1.76. The molecule has 2 heterocycles. The van der Waals surface area contributed by atoms with Crippen LogP contribution in [0.1, 0.15) is 5.69 Å². The number of aromatic nitrogens is 4. The molecule has 7 nitrogen and oxygen atoms in total. The monoisotopic (exact) mass is 194 g/mol. The Hall–Kier alpha value is -2.18. The molecule has 3 N–H and O–H groups in total. The van der Waals surface area contributed by atoms with Crippen LogP contribution in [0.2, 0.25) is 0 Å². The fourth-order valence-electron chi connectivity index (χ4n) is 1.10. The number of fused-ring (bicyclic) bond motifs is 1. The van der Waals surface area contributed by atoms with Crippen molar-refractivity contribution in [2.75, 3.05) is 0 Å². The lowest BCUT2D eigenvalue weighted by molar-refractivity contribution is 1.01. The van der Waals surface area contributed by atoms with Crippen molar-refractivity contribution in [1.82, 2.24) is 19.9 Å². The molecule has 0 saturated heterocycles. The lowest BCUT2D eigenvalue weighted by Crippen LogP contribution is -2.26. The SMILES string of the molecule is Cc1nc2c(=O)[nH]c(=O)[nH]c2[nH]c1=O. The van der Waals surface area contributed by atoms with E-state index in [-0.39, 0.29) is 16.9 Å². The summed E-state index contributed by atoms with van der Waals surface area (Å²) in [6.07, 6.45) is 0. The first kappa shape index (κ1) is 8.42. The Morgan fingerprint density at radius 1 is 1.00 bits per heavy atom. The molecule has 72 valence electrons. The maximum absolute atomic E-state index is 11.2. The van der Waals surface area contributed by atoms with E-state index in [0.717, 1.165) is 0 Å². The first-order valence-electron chi connectivity index (χ1n) is 3.81. The molecule has 2 aromatic heterocycles. The predicted octanol–water partition coefficient (Wildman–Crippen LogP) is -1.39. The zero-order valence-electron chi connectivity index (χ0n) is 7.17. The van der Waals surface area contributed by atoms with E-state index in [2.05, 4.69) is 15.0 Å². The minimum absolute atomic E-state index is 0.0155. The van der Waals surface area contributed by atoms with Gasteiger partial charge in [0.15, 0.2) is 5.52 Å². The number of rotatable bonds is 0. The summed E-state index contributed by atoms with van der Waals surface area (Å²) >= 11 is 0. The van der Waals surface area contributed by atoms with E-state index in [0.29, 0.717) is 0 Å². The molecule has 2 aromatic rings. The van der Waals surface area contributed by atoms with Crippen LogP contribution < -0.4 is 16.8 Å². The van der Waals surface area contributed by atoms with Crippen molar-refractivity contribution >= 4 is 11.2 Å². The Labute approximate surface area is 75.8 Å². The maximum Gasteiger partial charge on any atom is 0.327 e. The number of hydrogen-bond acceptors (Lipinski definition) is 4. The van der Waals surface area contributed by atoms with Gasteiger partial charge in [0.05, 0.1) is 0 Å². The topological polar surface area (TPSA) is 111 Å². The molecule has 7 heteroatoms. The first-order valence-corrected chi connectivity index (χ1v) is 3.81. The summed E-state index contributed by atoms with van der Waals surface area (Å²) in [4.78, 5) is 43.5. The van der Waals surface area contributed by atoms with Crippen molar-refractivity contribution in [3.05, 3.63) is 36.9 Å². The van der Waals surface area contributed by atoms with Gasteiger partial charge in [0.2, 0.25) is 0 Å². The fourth-order valence-corrected chi connectivity index (χ4v) is 1.10. The molecule has 2 rings (SSSR count). The summed E-state index contributed by atoms with van der Waals surface area (Å²) in [6, 6.07) is 0. The quantitative estimate of drug-likeness (QED) is 0.479. The van der Waals surface area contributed by atoms with Crippen molar-refractivity contribution in [1.29, 1.82) is 0 Å². The molecular weight excluding hydrogens is 188 g/mol. The van der Waals surface area contributed by atoms with Gasteiger partial charge in [-0.15, -0.1) is 0 Å². The Balaban J connectivity index is 3.11. The lowest BCUT2D eigenvalue weighted by Gasteiger charge is -1.95. The van der Waals surface area contributed by atoms with Crippen LogP contribution in [0.3, 0.4) is 0 Å². The third kappa shape index (κ3) is 1.15. The van der Waals surface area contributed by atoms with Crippen molar-refractivity contribution < 1.29 is 0 Å². The molecule has 0 aliphatic rings. The molecule has 0 aliphatic heterocycles. The number of aromatic amines is 3. The Bertz CT molecular complexity index is 663. The van der Waals surface area contributed by atoms with Crippen molar-refractivity contribution in [2.24, 2.45) is 0 Å². The Kier molecular flexibility index (Phi) is 1.60. The van der Waals surface area contributed by atoms with Gasteiger partial charge < -0.3 is 4.98 Å². The minimum atomic E-state index is -0.677. The van der Waals surface area contributed by atoms with Gasteiger partial charge in [0.25, 0.3) is 11.1 Å². The highest BCUT2D eigenvalue weighted by molar-refractivity contribution is 5.67. The molecular formula is C7H6N4O3. The van der Waals surface area contributed by atoms with Crippen molar-refractivity contribution in [3.63, 3.8) is 0 Å². The normalized spacial score (nSPS) is 10.6. The van der Waals surface area contributed by atoms with Gasteiger partial charge in [0.1, 0.15) is 11.3 Å². The van der Waals surface area contributed by atoms with Crippen LogP contribution in [0.25, 0.3) is 11.2 Å². The molecule has 0 atom stereocenters. The van der Waals surface area contributed by atoms with Crippen LogP contribution in [-0.2, 0) is 0 Å². The Morgan fingerprint density at radius 3 is 2.43 bits per heavy atom. The Morgan fingerprint density at radius 2 is 1.71 bits per heavy atom. The molecule has 0 unspecified atom stereocenters. The summed E-state index contributed by atoms with van der Waals surface area (Å²) in [5.41, 5.74) is -1.50. The molecule has 0 radical (unpaired) electrons. The molecule has 0 fully saturated rings. The van der Waals surface area contributed by atoms with Gasteiger partial charge in [-0.1, -0.05) is 0 Å². The zero-order valence-corrected chi connectivity index (χ0v) is 7.17. The number of nitrogens with zero attached hydrogens (tertiary/aromatic N) is 1. The van der Waals surface area contributed by atoms with E-state index in [1.54, 1.807) is 0 Å². The first-order chi connectivity index (χ1) is 6.58. The maximum atomic E-state index is 11.2. The summed E-state index contributed by atoms with van der Waals surface area (Å²) in [7, 11) is 0. The molecule has 0 spiro atoms. The second-order valence-electron chi connectivity index (χ2n) is 2.78. The summed E-state index contributed by atoms with van der Waals surface area (Å²) in [5, 5.41) is 0. The van der Waals surface area contributed by atoms with Gasteiger partial charge in [0, 0.05) is 0 Å². The highest BCUT2D eigenvalue weighted by Crippen LogP contribution is 1.92. The molecule has 0 amide bonds. The number of H-pyrrole nitrogens is 3. The number of nitrogens with one attached hydrogen (secondary N) is 3. The highest BCUT2D eigenvalue weighted by Gasteiger charge is 2.04. The molecule has 0 saturated carbocycles. The minimum Gasteiger partial charge on any atom is -0.305 e. The molecule has 0 aliphatic carbocycles. The van der Waals surface area contributed by atoms with Gasteiger partial charge in [-0.3, -0.25) is 19.6 Å². The number of hydrogen-bond donors (Lipinski definition) is 3. The van der Waals surface area contributed by atoms with Gasteiger partial charge in [-0.25, -0.2) is 9.78 Å². The summed E-state index contributed by atoms with van der Waals surface area (Å²) in [5.74, 6) is 0. The van der Waals surface area contributed by atoms with E-state index in [4.69, 9.17) is 0 Å². The van der Waals surface area contributed by atoms with Crippen LogP contribution >= 0.6 is 0 Å². The van der Waals surface area contributed by atoms with Crippen molar-refractivity contribution in [3.8, 4) is 0 Å². The van der Waals surface area contributed by atoms with Crippen LogP contribution in [0, 0.1) is 6.92 Å². The summed E-state index contributed by atoms with van der Waals surface area (Å²) in [6.45, 7) is 1.48. The standard InChI is InChI=1S/C7H6N4O3/c1-2-5(12)9-4-3(8-2)6(13)11-7(14)10-4/h1H3,(H3,9,10,11,12,13,14). The van der Waals surface area contributed by atoms with E-state index in [1.165, 1.54) is 6.92 Å². The second-order valence-corrected chi connectivity index (χ2v) is 2.78.